The van der Waals surface area contributed by atoms with Crippen molar-refractivity contribution in [3.8, 4) is 0 Å². The number of halogens is 3. The molecule has 2 aromatic carbocycles. The average Bonchev–Trinajstić information content (AvgIpc) is 2.46. The van der Waals surface area contributed by atoms with Gasteiger partial charge < -0.3 is 5.32 Å². The van der Waals surface area contributed by atoms with Crippen LogP contribution in [0, 0.1) is 11.6 Å². The first-order chi connectivity index (χ1) is 10.1. The van der Waals surface area contributed by atoms with Gasteiger partial charge in [-0.05, 0) is 42.8 Å². The van der Waals surface area contributed by atoms with Gasteiger partial charge in [-0.1, -0.05) is 42.4 Å². The molecule has 112 valence electrons. The molecule has 0 saturated carbocycles. The van der Waals surface area contributed by atoms with Gasteiger partial charge in [0.15, 0.2) is 11.6 Å². The Bertz CT molecular complexity index is 619. The van der Waals surface area contributed by atoms with E-state index in [4.69, 9.17) is 11.6 Å². The lowest BCUT2D eigenvalue weighted by Crippen LogP contribution is -2.14. The van der Waals surface area contributed by atoms with Crippen molar-refractivity contribution in [3.63, 3.8) is 0 Å². The molecule has 0 heterocycles. The highest BCUT2D eigenvalue weighted by Crippen LogP contribution is 2.36. The van der Waals surface area contributed by atoms with Crippen LogP contribution in [0.3, 0.4) is 0 Å². The van der Waals surface area contributed by atoms with Gasteiger partial charge >= 0.3 is 0 Å². The summed E-state index contributed by atoms with van der Waals surface area (Å²) in [5.74, 6) is -1.69. The molecule has 0 aliphatic carbocycles. The molecule has 21 heavy (non-hydrogen) atoms. The Labute approximate surface area is 132 Å². The summed E-state index contributed by atoms with van der Waals surface area (Å²) in [5, 5.41) is 3.93. The van der Waals surface area contributed by atoms with E-state index in [1.807, 2.05) is 12.1 Å². The van der Waals surface area contributed by atoms with E-state index in [1.165, 1.54) is 17.8 Å². The predicted octanol–water partition coefficient (Wildman–Crippen LogP) is 5.27. The Kier molecular flexibility index (Phi) is 6.03. The van der Waals surface area contributed by atoms with E-state index in [2.05, 4.69) is 12.2 Å². The highest BCUT2D eigenvalue weighted by atomic mass is 35.5. The van der Waals surface area contributed by atoms with Crippen LogP contribution in [-0.4, -0.2) is 6.54 Å². The zero-order chi connectivity index (χ0) is 15.2. The highest BCUT2D eigenvalue weighted by molar-refractivity contribution is 7.99. The van der Waals surface area contributed by atoms with Crippen molar-refractivity contribution < 1.29 is 8.78 Å². The zero-order valence-electron chi connectivity index (χ0n) is 11.6. The van der Waals surface area contributed by atoms with Crippen LogP contribution in [0.1, 0.15) is 18.9 Å². The van der Waals surface area contributed by atoms with Crippen molar-refractivity contribution in [1.82, 2.24) is 5.32 Å². The fraction of sp³-hybridized carbons (Fsp3) is 0.250. The van der Waals surface area contributed by atoms with E-state index in [9.17, 15) is 8.78 Å². The molecule has 0 saturated heterocycles. The highest BCUT2D eigenvalue weighted by Gasteiger charge is 2.10. The van der Waals surface area contributed by atoms with E-state index in [0.717, 1.165) is 29.5 Å². The molecule has 0 radical (unpaired) electrons. The standard InChI is InChI=1S/C16H16ClF2NS/c1-2-8-20-10-11-4-3-5-13(17)16(11)21-12-6-7-14(18)15(19)9-12/h3-7,9,20H,2,8,10H2,1H3. The fourth-order valence-electron chi connectivity index (χ4n) is 1.87. The van der Waals surface area contributed by atoms with Gasteiger partial charge in [0.2, 0.25) is 0 Å². The first kappa shape index (κ1) is 16.3. The third-order valence-corrected chi connectivity index (χ3v) is 4.50. The summed E-state index contributed by atoms with van der Waals surface area (Å²) in [4.78, 5) is 1.49. The lowest BCUT2D eigenvalue weighted by atomic mass is 10.2. The molecule has 2 aromatic rings. The second-order valence-electron chi connectivity index (χ2n) is 4.58. The molecule has 0 atom stereocenters. The maximum Gasteiger partial charge on any atom is 0.159 e. The van der Waals surface area contributed by atoms with E-state index in [1.54, 1.807) is 12.1 Å². The molecule has 0 fully saturated rings. The molecule has 0 aliphatic heterocycles. The third-order valence-electron chi connectivity index (χ3n) is 2.90. The summed E-state index contributed by atoms with van der Waals surface area (Å²) < 4.78 is 26.3. The molecule has 0 spiro atoms. The summed E-state index contributed by atoms with van der Waals surface area (Å²) in [7, 11) is 0. The van der Waals surface area contributed by atoms with Gasteiger partial charge in [-0.25, -0.2) is 8.78 Å². The molecule has 2 rings (SSSR count). The Balaban J connectivity index is 2.23. The number of rotatable bonds is 6. The maximum atomic E-state index is 13.3. The average molecular weight is 328 g/mol. The van der Waals surface area contributed by atoms with Gasteiger partial charge in [0, 0.05) is 16.3 Å². The van der Waals surface area contributed by atoms with Crippen molar-refractivity contribution in [2.24, 2.45) is 0 Å². The minimum atomic E-state index is -0.849. The smallest absolute Gasteiger partial charge is 0.159 e. The molecule has 5 heteroatoms. The van der Waals surface area contributed by atoms with Crippen LogP contribution in [0.2, 0.25) is 5.02 Å². The lowest BCUT2D eigenvalue weighted by Gasteiger charge is -2.12. The SMILES string of the molecule is CCCNCc1cccc(Cl)c1Sc1ccc(F)c(F)c1. The van der Waals surface area contributed by atoms with Crippen LogP contribution in [0.5, 0.6) is 0 Å². The molecule has 0 aromatic heterocycles. The first-order valence-electron chi connectivity index (χ1n) is 6.73. The van der Waals surface area contributed by atoms with Gasteiger partial charge in [0.25, 0.3) is 0 Å². The fourth-order valence-corrected chi connectivity index (χ4v) is 3.15. The first-order valence-corrected chi connectivity index (χ1v) is 7.92. The predicted molar refractivity (Wildman–Crippen MR) is 83.9 cm³/mol. The van der Waals surface area contributed by atoms with Crippen molar-refractivity contribution >= 4 is 23.4 Å². The Morgan fingerprint density at radius 2 is 1.95 bits per heavy atom. The Hall–Kier alpha value is -1.10. The Morgan fingerprint density at radius 3 is 2.67 bits per heavy atom. The van der Waals surface area contributed by atoms with Crippen molar-refractivity contribution in [1.29, 1.82) is 0 Å². The third kappa shape index (κ3) is 4.43. The quantitative estimate of drug-likeness (QED) is 0.725. The van der Waals surface area contributed by atoms with Crippen molar-refractivity contribution in [2.75, 3.05) is 6.54 Å². The van der Waals surface area contributed by atoms with Gasteiger partial charge in [-0.3, -0.25) is 0 Å². The number of hydrogen-bond donors (Lipinski definition) is 1. The summed E-state index contributed by atoms with van der Waals surface area (Å²) in [5.41, 5.74) is 1.05. The van der Waals surface area contributed by atoms with E-state index >= 15 is 0 Å². The molecule has 0 aliphatic rings. The summed E-state index contributed by atoms with van der Waals surface area (Å²) in [6.45, 7) is 3.71. The minimum absolute atomic E-state index is 0.612. The van der Waals surface area contributed by atoms with Crippen molar-refractivity contribution in [3.05, 3.63) is 58.6 Å². The summed E-state index contributed by atoms with van der Waals surface area (Å²) in [6, 6.07) is 9.54. The van der Waals surface area contributed by atoms with Crippen LogP contribution in [0.15, 0.2) is 46.2 Å². The molecular formula is C16H16ClF2NS. The van der Waals surface area contributed by atoms with Gasteiger partial charge in [0.1, 0.15) is 0 Å². The minimum Gasteiger partial charge on any atom is -0.313 e. The van der Waals surface area contributed by atoms with Crippen LogP contribution in [0.25, 0.3) is 0 Å². The van der Waals surface area contributed by atoms with E-state index in [-0.39, 0.29) is 0 Å². The molecule has 1 N–H and O–H groups in total. The largest absolute Gasteiger partial charge is 0.313 e. The zero-order valence-corrected chi connectivity index (χ0v) is 13.2. The molecule has 0 unspecified atom stereocenters. The molecule has 0 bridgehead atoms. The normalized spacial score (nSPS) is 10.9. The lowest BCUT2D eigenvalue weighted by molar-refractivity contribution is 0.506. The van der Waals surface area contributed by atoms with Crippen LogP contribution in [0.4, 0.5) is 8.78 Å². The second-order valence-corrected chi connectivity index (χ2v) is 6.07. The number of benzene rings is 2. The van der Waals surface area contributed by atoms with Gasteiger partial charge in [-0.15, -0.1) is 0 Å². The van der Waals surface area contributed by atoms with Crippen LogP contribution < -0.4 is 5.32 Å². The van der Waals surface area contributed by atoms with Crippen LogP contribution >= 0.6 is 23.4 Å². The van der Waals surface area contributed by atoms with Gasteiger partial charge in [-0.2, -0.15) is 0 Å². The number of hydrogen-bond acceptors (Lipinski definition) is 2. The topological polar surface area (TPSA) is 12.0 Å². The van der Waals surface area contributed by atoms with Crippen molar-refractivity contribution in [2.45, 2.75) is 29.7 Å². The summed E-state index contributed by atoms with van der Waals surface area (Å²) in [6.07, 6.45) is 1.05. The molecule has 1 nitrogen and oxygen atoms in total. The molecule has 0 amide bonds. The van der Waals surface area contributed by atoms with Crippen LogP contribution in [-0.2, 0) is 6.54 Å². The summed E-state index contributed by atoms with van der Waals surface area (Å²) >= 11 is 7.59. The second kappa shape index (κ2) is 7.78. The molecular weight excluding hydrogens is 312 g/mol. The Morgan fingerprint density at radius 1 is 1.14 bits per heavy atom. The van der Waals surface area contributed by atoms with E-state index in [0.29, 0.717) is 16.5 Å². The van der Waals surface area contributed by atoms with Gasteiger partial charge in [0.05, 0.1) is 5.02 Å². The maximum absolute atomic E-state index is 13.3. The number of nitrogens with one attached hydrogen (secondary N) is 1. The van der Waals surface area contributed by atoms with E-state index < -0.39 is 11.6 Å². The monoisotopic (exact) mass is 327 g/mol.